The smallest absolute Gasteiger partial charge is 0.0723 e. The van der Waals surface area contributed by atoms with Gasteiger partial charge in [-0.3, -0.25) is 0 Å². The van der Waals surface area contributed by atoms with Crippen LogP contribution in [0.4, 0.5) is 11.4 Å². The highest BCUT2D eigenvalue weighted by atomic mass is 15.2. The van der Waals surface area contributed by atoms with Crippen LogP contribution in [0.3, 0.4) is 0 Å². The van der Waals surface area contributed by atoms with E-state index in [1.807, 2.05) is 0 Å². The van der Waals surface area contributed by atoms with Gasteiger partial charge in [0, 0.05) is 55.3 Å². The lowest BCUT2D eigenvalue weighted by Crippen LogP contribution is -2.29. The molecule has 4 heterocycles. The van der Waals surface area contributed by atoms with Crippen LogP contribution in [0.1, 0.15) is 17.0 Å². The third-order valence-electron chi connectivity index (χ3n) is 15.1. The van der Waals surface area contributed by atoms with Gasteiger partial charge in [0.15, 0.2) is 0 Å². The quantitative estimate of drug-likeness (QED) is 0.163. The molecule has 13 aromatic rings. The Morgan fingerprint density at radius 2 is 0.786 bits per heavy atom. The van der Waals surface area contributed by atoms with E-state index >= 15 is 0 Å². The fourth-order valence-electron chi connectivity index (χ4n) is 12.1. The standard InChI is InChI=1S/C66H44N4/c1-3-17-43(18-4-1)45-34-38-64-56(40-45)57-41-49(68-58-26-12-7-21-50(58)51-22-8-13-27-59(51)68)42-65(70-61-29-15-9-23-52(61)53-24-10-16-30-62(53)70)66(57)69(64)48-35-31-44(32-36-48)46-33-37-63-55(39-46)54-25-11-14-28-60(54)67(63)47-19-5-2-6-20-47/h1-42,56,64H. The molecule has 0 amide bonds. The molecule has 0 N–H and O–H groups in total. The molecule has 0 radical (unpaired) electrons. The van der Waals surface area contributed by atoms with Crippen molar-refractivity contribution in [1.82, 2.24) is 13.7 Å². The maximum Gasteiger partial charge on any atom is 0.0723 e. The minimum absolute atomic E-state index is 0.0361. The molecule has 15 rings (SSSR count). The van der Waals surface area contributed by atoms with Crippen molar-refractivity contribution in [2.24, 2.45) is 0 Å². The molecule has 1 aliphatic heterocycles. The number of allylic oxidation sites excluding steroid dienone is 2. The Morgan fingerprint density at radius 3 is 1.37 bits per heavy atom. The van der Waals surface area contributed by atoms with E-state index in [1.165, 1.54) is 105 Å². The first-order valence-corrected chi connectivity index (χ1v) is 24.3. The van der Waals surface area contributed by atoms with Crippen molar-refractivity contribution < 1.29 is 0 Å². The molecule has 3 aromatic heterocycles. The van der Waals surface area contributed by atoms with Gasteiger partial charge in [-0.25, -0.2) is 0 Å². The van der Waals surface area contributed by atoms with E-state index in [4.69, 9.17) is 0 Å². The Balaban J connectivity index is 0.965. The van der Waals surface area contributed by atoms with Crippen LogP contribution in [0.25, 0.3) is 99.2 Å². The summed E-state index contributed by atoms with van der Waals surface area (Å²) in [6.07, 6.45) is 7.33. The molecule has 10 aromatic carbocycles. The van der Waals surface area contributed by atoms with Crippen molar-refractivity contribution in [2.75, 3.05) is 4.90 Å². The average molecular weight is 893 g/mol. The van der Waals surface area contributed by atoms with E-state index in [2.05, 4.69) is 273 Å². The summed E-state index contributed by atoms with van der Waals surface area (Å²) in [6.45, 7) is 0. The van der Waals surface area contributed by atoms with Crippen LogP contribution in [0.2, 0.25) is 0 Å². The number of para-hydroxylation sites is 6. The average Bonchev–Trinajstić information content (AvgIpc) is 4.16. The summed E-state index contributed by atoms with van der Waals surface area (Å²) < 4.78 is 7.41. The van der Waals surface area contributed by atoms with Crippen LogP contribution in [0.5, 0.6) is 0 Å². The molecule has 2 aliphatic rings. The molecule has 2 atom stereocenters. The highest BCUT2D eigenvalue weighted by molar-refractivity contribution is 6.12. The first-order chi connectivity index (χ1) is 34.7. The first-order valence-electron chi connectivity index (χ1n) is 24.3. The van der Waals surface area contributed by atoms with Crippen molar-refractivity contribution in [1.29, 1.82) is 0 Å². The summed E-state index contributed by atoms with van der Waals surface area (Å²) in [5, 5.41) is 7.50. The second-order valence-electron chi connectivity index (χ2n) is 18.8. The normalized spacial score (nSPS) is 15.4. The van der Waals surface area contributed by atoms with E-state index in [1.54, 1.807) is 0 Å². The maximum atomic E-state index is 2.63. The number of fused-ring (bicyclic) bond motifs is 12. The van der Waals surface area contributed by atoms with Gasteiger partial charge in [0.05, 0.1) is 50.5 Å². The Labute approximate surface area is 405 Å². The molecule has 328 valence electrons. The third kappa shape index (κ3) is 5.71. The van der Waals surface area contributed by atoms with E-state index in [9.17, 15) is 0 Å². The number of hydrogen-bond donors (Lipinski definition) is 0. The number of benzene rings is 10. The zero-order chi connectivity index (χ0) is 45.9. The Morgan fingerprint density at radius 1 is 0.314 bits per heavy atom. The third-order valence-corrected chi connectivity index (χ3v) is 15.1. The highest BCUT2D eigenvalue weighted by Gasteiger charge is 2.41. The molecule has 2 unspecified atom stereocenters. The zero-order valence-electron chi connectivity index (χ0n) is 38.2. The molecular weight excluding hydrogens is 849 g/mol. The molecule has 0 spiro atoms. The van der Waals surface area contributed by atoms with Crippen LogP contribution in [0, 0.1) is 0 Å². The van der Waals surface area contributed by atoms with Gasteiger partial charge < -0.3 is 18.6 Å². The van der Waals surface area contributed by atoms with Crippen molar-refractivity contribution in [2.45, 2.75) is 12.0 Å². The van der Waals surface area contributed by atoms with Crippen LogP contribution in [-0.4, -0.2) is 19.7 Å². The fourth-order valence-corrected chi connectivity index (χ4v) is 12.1. The lowest BCUT2D eigenvalue weighted by atomic mass is 9.86. The lowest BCUT2D eigenvalue weighted by molar-refractivity contribution is 0.746. The summed E-state index contributed by atoms with van der Waals surface area (Å²) >= 11 is 0. The van der Waals surface area contributed by atoms with Gasteiger partial charge in [-0.2, -0.15) is 0 Å². The summed E-state index contributed by atoms with van der Waals surface area (Å²) in [7, 11) is 0. The van der Waals surface area contributed by atoms with Gasteiger partial charge in [-0.15, -0.1) is 0 Å². The number of nitrogens with zero attached hydrogens (tertiary/aromatic N) is 4. The van der Waals surface area contributed by atoms with E-state index in [0.29, 0.717) is 0 Å². The van der Waals surface area contributed by atoms with Crippen molar-refractivity contribution in [3.63, 3.8) is 0 Å². The van der Waals surface area contributed by atoms with E-state index in [0.717, 1.165) is 17.1 Å². The van der Waals surface area contributed by atoms with Crippen molar-refractivity contribution in [3.05, 3.63) is 266 Å². The lowest BCUT2D eigenvalue weighted by Gasteiger charge is -2.31. The Bertz CT molecular complexity index is 4190. The topological polar surface area (TPSA) is 18.0 Å². The van der Waals surface area contributed by atoms with Gasteiger partial charge in [0.25, 0.3) is 0 Å². The number of anilines is 2. The van der Waals surface area contributed by atoms with Gasteiger partial charge in [0.1, 0.15) is 0 Å². The summed E-state index contributed by atoms with van der Waals surface area (Å²) in [5.74, 6) is 0.0686. The summed E-state index contributed by atoms with van der Waals surface area (Å²) in [5.41, 5.74) is 19.2. The molecule has 0 saturated heterocycles. The van der Waals surface area contributed by atoms with Gasteiger partial charge >= 0.3 is 0 Å². The van der Waals surface area contributed by atoms with Crippen LogP contribution in [0.15, 0.2) is 255 Å². The highest BCUT2D eigenvalue weighted by Crippen LogP contribution is 2.54. The molecule has 70 heavy (non-hydrogen) atoms. The zero-order valence-corrected chi connectivity index (χ0v) is 38.2. The number of rotatable bonds is 6. The van der Waals surface area contributed by atoms with Crippen LogP contribution in [-0.2, 0) is 0 Å². The van der Waals surface area contributed by atoms with Crippen molar-refractivity contribution >= 4 is 82.4 Å². The minimum Gasteiger partial charge on any atom is -0.332 e. The Kier molecular flexibility index (Phi) is 8.45. The van der Waals surface area contributed by atoms with Gasteiger partial charge in [0.2, 0.25) is 0 Å². The Hall–Kier alpha value is -9.12. The van der Waals surface area contributed by atoms with Gasteiger partial charge in [-0.05, 0) is 107 Å². The second kappa shape index (κ2) is 15.2. The molecule has 0 fully saturated rings. The maximum absolute atomic E-state index is 2.63. The fraction of sp³-hybridized carbons (Fsp3) is 0.0303. The number of hydrogen-bond acceptors (Lipinski definition) is 1. The largest absolute Gasteiger partial charge is 0.332 e. The monoisotopic (exact) mass is 892 g/mol. The van der Waals surface area contributed by atoms with Gasteiger partial charge in [-0.1, -0.05) is 176 Å². The SMILES string of the molecule is C1=CC2C(C=C1c1ccccc1)c1cc(-n3c4ccccc4c4ccccc43)cc(-n3c4ccccc4c4ccccc43)c1N2c1ccc(-c2ccc3c(c2)c2ccccc2n3-c2ccccc2)cc1. The predicted octanol–water partition coefficient (Wildman–Crippen LogP) is 16.9. The van der Waals surface area contributed by atoms with E-state index in [-0.39, 0.29) is 12.0 Å². The molecule has 0 saturated carbocycles. The summed E-state index contributed by atoms with van der Waals surface area (Å²) in [4.78, 5) is 2.63. The van der Waals surface area contributed by atoms with Crippen molar-refractivity contribution in [3.8, 4) is 28.2 Å². The van der Waals surface area contributed by atoms with Crippen LogP contribution >= 0.6 is 0 Å². The second-order valence-corrected chi connectivity index (χ2v) is 18.8. The molecule has 4 nitrogen and oxygen atoms in total. The van der Waals surface area contributed by atoms with Crippen LogP contribution < -0.4 is 4.90 Å². The molecule has 0 bridgehead atoms. The minimum atomic E-state index is 0.0361. The van der Waals surface area contributed by atoms with E-state index < -0.39 is 0 Å². The molecule has 4 heteroatoms. The predicted molar refractivity (Wildman–Crippen MR) is 294 cm³/mol. The first kappa shape index (κ1) is 38.9. The summed E-state index contributed by atoms with van der Waals surface area (Å²) in [6, 6.07) is 87.2. The molecule has 1 aliphatic carbocycles. The number of aromatic nitrogens is 3. The molecular formula is C66H44N4.